The Balaban J connectivity index is 1.90. The number of nitrogens with zero attached hydrogens (tertiary/aromatic N) is 1. The average molecular weight is 265 g/mol. The van der Waals surface area contributed by atoms with Crippen molar-refractivity contribution in [3.05, 3.63) is 90.0 Å². The van der Waals surface area contributed by atoms with Crippen molar-refractivity contribution in [2.24, 2.45) is 0 Å². The van der Waals surface area contributed by atoms with Crippen LogP contribution in [0.5, 0.6) is 0 Å². The van der Waals surface area contributed by atoms with Gasteiger partial charge in [0, 0.05) is 29.2 Å². The van der Waals surface area contributed by atoms with Gasteiger partial charge in [0.05, 0.1) is 0 Å². The van der Waals surface area contributed by atoms with Gasteiger partial charge in [-0.05, 0) is 42.5 Å². The summed E-state index contributed by atoms with van der Waals surface area (Å²) in [5.41, 5.74) is 2.06. The zero-order valence-corrected chi connectivity index (χ0v) is 10.7. The number of halogens is 1. The molecule has 0 aliphatic heterocycles. The summed E-state index contributed by atoms with van der Waals surface area (Å²) in [7, 11) is 0. The van der Waals surface area contributed by atoms with Gasteiger partial charge in [-0.1, -0.05) is 18.2 Å². The second-order valence-electron chi connectivity index (χ2n) is 4.48. The lowest BCUT2D eigenvalue weighted by atomic mass is 10.1. The number of para-hydroxylation sites is 1. The van der Waals surface area contributed by atoms with E-state index in [1.807, 2.05) is 41.1 Å². The molecule has 3 heteroatoms. The minimum atomic E-state index is -0.344. The topological polar surface area (TPSA) is 22.0 Å². The molecule has 0 unspecified atom stereocenters. The number of benzene rings is 2. The van der Waals surface area contributed by atoms with Gasteiger partial charge in [-0.2, -0.15) is 0 Å². The molecule has 0 fully saturated rings. The summed E-state index contributed by atoms with van der Waals surface area (Å²) in [6.45, 7) is 0. The predicted octanol–water partition coefficient (Wildman–Crippen LogP) is 3.85. The molecule has 0 N–H and O–H groups in total. The molecule has 20 heavy (non-hydrogen) atoms. The summed E-state index contributed by atoms with van der Waals surface area (Å²) in [4.78, 5) is 12.3. The fourth-order valence-electron chi connectivity index (χ4n) is 2.06. The molecule has 1 heterocycles. The number of ketones is 1. The SMILES string of the molecule is O=C(c1ccc(F)cc1)c1ccn(-c2ccccc2)c1. The predicted molar refractivity (Wildman–Crippen MR) is 75.6 cm³/mol. The van der Waals surface area contributed by atoms with E-state index in [0.717, 1.165) is 5.69 Å². The first-order chi connectivity index (χ1) is 9.74. The number of hydrogen-bond donors (Lipinski definition) is 0. The minimum absolute atomic E-state index is 0.111. The van der Waals surface area contributed by atoms with Crippen LogP contribution in [0.3, 0.4) is 0 Å². The van der Waals surface area contributed by atoms with Crippen LogP contribution in [-0.2, 0) is 0 Å². The highest BCUT2D eigenvalue weighted by molar-refractivity contribution is 6.08. The van der Waals surface area contributed by atoms with Crippen LogP contribution in [-0.4, -0.2) is 10.4 Å². The van der Waals surface area contributed by atoms with Crippen LogP contribution in [0.15, 0.2) is 73.1 Å². The van der Waals surface area contributed by atoms with Crippen LogP contribution < -0.4 is 0 Å². The molecule has 98 valence electrons. The Kier molecular flexibility index (Phi) is 3.17. The average Bonchev–Trinajstić information content (AvgIpc) is 2.98. The lowest BCUT2D eigenvalue weighted by Crippen LogP contribution is -2.00. The van der Waals surface area contributed by atoms with Crippen molar-refractivity contribution < 1.29 is 9.18 Å². The van der Waals surface area contributed by atoms with Gasteiger partial charge in [0.15, 0.2) is 5.78 Å². The number of carbonyl (C=O) groups is 1. The zero-order valence-electron chi connectivity index (χ0n) is 10.7. The Morgan fingerprint density at radius 2 is 1.55 bits per heavy atom. The highest BCUT2D eigenvalue weighted by Crippen LogP contribution is 2.14. The number of hydrogen-bond acceptors (Lipinski definition) is 1. The molecular formula is C17H12FNO. The van der Waals surface area contributed by atoms with E-state index in [4.69, 9.17) is 0 Å². The van der Waals surface area contributed by atoms with Gasteiger partial charge in [-0.3, -0.25) is 4.79 Å². The van der Waals surface area contributed by atoms with Gasteiger partial charge in [-0.15, -0.1) is 0 Å². The van der Waals surface area contributed by atoms with Crippen molar-refractivity contribution in [2.45, 2.75) is 0 Å². The molecule has 0 bridgehead atoms. The third-order valence-electron chi connectivity index (χ3n) is 3.12. The Labute approximate surface area is 116 Å². The Hall–Kier alpha value is -2.68. The molecule has 0 saturated carbocycles. The molecular weight excluding hydrogens is 253 g/mol. The summed E-state index contributed by atoms with van der Waals surface area (Å²) in [6.07, 6.45) is 3.62. The van der Waals surface area contributed by atoms with Crippen molar-refractivity contribution in [1.29, 1.82) is 0 Å². The van der Waals surface area contributed by atoms with E-state index < -0.39 is 0 Å². The minimum Gasteiger partial charge on any atom is -0.323 e. The van der Waals surface area contributed by atoms with Crippen LogP contribution >= 0.6 is 0 Å². The second-order valence-corrected chi connectivity index (χ2v) is 4.48. The third-order valence-corrected chi connectivity index (χ3v) is 3.12. The van der Waals surface area contributed by atoms with Crippen LogP contribution in [0.1, 0.15) is 15.9 Å². The van der Waals surface area contributed by atoms with Gasteiger partial charge in [0.25, 0.3) is 0 Å². The van der Waals surface area contributed by atoms with E-state index in [1.165, 1.54) is 24.3 Å². The maximum atomic E-state index is 12.9. The number of rotatable bonds is 3. The molecule has 0 aliphatic carbocycles. The summed E-state index contributed by atoms with van der Waals surface area (Å²) in [6, 6.07) is 17.1. The van der Waals surface area contributed by atoms with E-state index in [0.29, 0.717) is 11.1 Å². The molecule has 0 amide bonds. The Morgan fingerprint density at radius 3 is 2.25 bits per heavy atom. The van der Waals surface area contributed by atoms with Crippen molar-refractivity contribution in [3.63, 3.8) is 0 Å². The summed E-state index contributed by atoms with van der Waals surface area (Å²) >= 11 is 0. The van der Waals surface area contributed by atoms with Gasteiger partial charge >= 0.3 is 0 Å². The maximum Gasteiger partial charge on any atom is 0.194 e. The molecule has 0 saturated heterocycles. The van der Waals surface area contributed by atoms with Crippen LogP contribution in [0.25, 0.3) is 5.69 Å². The molecule has 0 radical (unpaired) electrons. The monoisotopic (exact) mass is 265 g/mol. The molecule has 3 rings (SSSR count). The van der Waals surface area contributed by atoms with Gasteiger partial charge in [0.2, 0.25) is 0 Å². The van der Waals surface area contributed by atoms with Crippen LogP contribution in [0, 0.1) is 5.82 Å². The summed E-state index contributed by atoms with van der Waals surface area (Å²) in [5.74, 6) is -0.455. The maximum absolute atomic E-state index is 12.9. The van der Waals surface area contributed by atoms with E-state index in [9.17, 15) is 9.18 Å². The molecule has 0 atom stereocenters. The quantitative estimate of drug-likeness (QED) is 0.659. The summed E-state index contributed by atoms with van der Waals surface area (Å²) in [5, 5.41) is 0. The Bertz CT molecular complexity index is 729. The molecule has 2 nitrogen and oxygen atoms in total. The van der Waals surface area contributed by atoms with E-state index >= 15 is 0 Å². The molecule has 3 aromatic rings. The summed E-state index contributed by atoms with van der Waals surface area (Å²) < 4.78 is 14.7. The lowest BCUT2D eigenvalue weighted by Gasteiger charge is -2.01. The first kappa shape index (κ1) is 12.4. The molecule has 2 aromatic carbocycles. The van der Waals surface area contributed by atoms with E-state index in [-0.39, 0.29) is 11.6 Å². The smallest absolute Gasteiger partial charge is 0.194 e. The fourth-order valence-corrected chi connectivity index (χ4v) is 2.06. The molecule has 1 aromatic heterocycles. The van der Waals surface area contributed by atoms with E-state index in [1.54, 1.807) is 12.3 Å². The zero-order chi connectivity index (χ0) is 13.9. The van der Waals surface area contributed by atoms with Crippen LogP contribution in [0.4, 0.5) is 4.39 Å². The Morgan fingerprint density at radius 1 is 0.850 bits per heavy atom. The lowest BCUT2D eigenvalue weighted by molar-refractivity contribution is 0.103. The van der Waals surface area contributed by atoms with E-state index in [2.05, 4.69) is 0 Å². The van der Waals surface area contributed by atoms with Crippen molar-refractivity contribution in [2.75, 3.05) is 0 Å². The van der Waals surface area contributed by atoms with Crippen molar-refractivity contribution in [1.82, 2.24) is 4.57 Å². The second kappa shape index (κ2) is 5.13. The third kappa shape index (κ3) is 2.38. The highest BCUT2D eigenvalue weighted by Gasteiger charge is 2.10. The number of aromatic nitrogens is 1. The van der Waals surface area contributed by atoms with Crippen molar-refractivity contribution in [3.8, 4) is 5.69 Å². The standard InChI is InChI=1S/C17H12FNO/c18-15-8-6-13(7-9-15)17(20)14-10-11-19(12-14)16-4-2-1-3-5-16/h1-12H. The first-order valence-electron chi connectivity index (χ1n) is 6.28. The van der Waals surface area contributed by atoms with Gasteiger partial charge in [0.1, 0.15) is 5.82 Å². The van der Waals surface area contributed by atoms with Crippen LogP contribution in [0.2, 0.25) is 0 Å². The molecule has 0 spiro atoms. The molecule has 0 aliphatic rings. The normalized spacial score (nSPS) is 10.4. The largest absolute Gasteiger partial charge is 0.323 e. The van der Waals surface area contributed by atoms with Gasteiger partial charge < -0.3 is 4.57 Å². The number of carbonyl (C=O) groups excluding carboxylic acids is 1. The highest BCUT2D eigenvalue weighted by atomic mass is 19.1. The van der Waals surface area contributed by atoms with Crippen molar-refractivity contribution >= 4 is 5.78 Å². The first-order valence-corrected chi connectivity index (χ1v) is 6.28. The fraction of sp³-hybridized carbons (Fsp3) is 0. The van der Waals surface area contributed by atoms with Gasteiger partial charge in [-0.25, -0.2) is 4.39 Å².